The molecule has 4 heteroatoms. The summed E-state index contributed by atoms with van der Waals surface area (Å²) in [5.74, 6) is 0.799. The summed E-state index contributed by atoms with van der Waals surface area (Å²) in [5.41, 5.74) is 6.31. The van der Waals surface area contributed by atoms with Gasteiger partial charge in [-0.2, -0.15) is 0 Å². The number of amides is 2. The van der Waals surface area contributed by atoms with Crippen molar-refractivity contribution in [2.75, 3.05) is 6.73 Å². The van der Waals surface area contributed by atoms with Crippen LogP contribution in [-0.4, -0.2) is 12.8 Å². The molecular weight excluding hydrogens is 324 g/mol. The maximum atomic E-state index is 12.2. The highest BCUT2D eigenvalue weighted by Gasteiger charge is 2.14. The van der Waals surface area contributed by atoms with Crippen LogP contribution in [-0.2, 0) is 12.8 Å². The SMILES string of the molecule is Cc1cccc(OCNC(=O)NC(C)c2ccc3c(c2)CCCC3)c1C. The Bertz CT molecular complexity index is 786. The molecule has 0 bridgehead atoms. The van der Waals surface area contributed by atoms with E-state index < -0.39 is 0 Å². The summed E-state index contributed by atoms with van der Waals surface area (Å²) >= 11 is 0. The van der Waals surface area contributed by atoms with Gasteiger partial charge in [-0.1, -0.05) is 30.3 Å². The van der Waals surface area contributed by atoms with Crippen LogP contribution in [0.1, 0.15) is 53.6 Å². The van der Waals surface area contributed by atoms with E-state index in [1.807, 2.05) is 39.0 Å². The lowest BCUT2D eigenvalue weighted by Crippen LogP contribution is -2.39. The van der Waals surface area contributed by atoms with Gasteiger partial charge in [0.15, 0.2) is 6.73 Å². The van der Waals surface area contributed by atoms with E-state index in [2.05, 4.69) is 28.8 Å². The van der Waals surface area contributed by atoms with Crippen LogP contribution in [0.3, 0.4) is 0 Å². The van der Waals surface area contributed by atoms with Crippen molar-refractivity contribution in [2.45, 2.75) is 52.5 Å². The summed E-state index contributed by atoms with van der Waals surface area (Å²) in [6.07, 6.45) is 4.86. The number of aryl methyl sites for hydroxylation is 3. The predicted molar refractivity (Wildman–Crippen MR) is 105 cm³/mol. The minimum absolute atomic E-state index is 0.0390. The van der Waals surface area contributed by atoms with Crippen molar-refractivity contribution in [3.05, 3.63) is 64.2 Å². The molecule has 1 unspecified atom stereocenters. The normalized spacial score (nSPS) is 14.3. The number of carbonyl (C=O) groups excluding carboxylic acids is 1. The highest BCUT2D eigenvalue weighted by molar-refractivity contribution is 5.74. The number of fused-ring (bicyclic) bond motifs is 1. The lowest BCUT2D eigenvalue weighted by atomic mass is 9.89. The van der Waals surface area contributed by atoms with E-state index in [0.717, 1.165) is 23.3 Å². The molecule has 2 aromatic rings. The second kappa shape index (κ2) is 8.26. The summed E-state index contributed by atoms with van der Waals surface area (Å²) in [6.45, 7) is 6.22. The zero-order valence-corrected chi connectivity index (χ0v) is 15.9. The van der Waals surface area contributed by atoms with Crippen molar-refractivity contribution in [3.63, 3.8) is 0 Å². The molecule has 4 nitrogen and oxygen atoms in total. The molecule has 1 aliphatic rings. The number of carbonyl (C=O) groups is 1. The number of nitrogens with one attached hydrogen (secondary N) is 2. The van der Waals surface area contributed by atoms with Gasteiger partial charge in [0, 0.05) is 0 Å². The van der Waals surface area contributed by atoms with Crippen molar-refractivity contribution in [3.8, 4) is 5.75 Å². The molecule has 2 amide bonds. The number of ether oxygens (including phenoxy) is 1. The van der Waals surface area contributed by atoms with Gasteiger partial charge < -0.3 is 15.4 Å². The number of rotatable bonds is 5. The van der Waals surface area contributed by atoms with Crippen LogP contribution < -0.4 is 15.4 Å². The largest absolute Gasteiger partial charge is 0.473 e. The number of benzene rings is 2. The third-order valence-electron chi connectivity index (χ3n) is 5.24. The number of urea groups is 1. The molecule has 0 fully saturated rings. The Morgan fingerprint density at radius 2 is 1.88 bits per heavy atom. The van der Waals surface area contributed by atoms with Gasteiger partial charge >= 0.3 is 6.03 Å². The molecule has 0 radical (unpaired) electrons. The first-order valence-corrected chi connectivity index (χ1v) is 9.39. The molecule has 2 N–H and O–H groups in total. The first-order valence-electron chi connectivity index (χ1n) is 9.39. The molecule has 0 spiro atoms. The van der Waals surface area contributed by atoms with Gasteiger partial charge in [-0.25, -0.2) is 4.79 Å². The first kappa shape index (κ1) is 18.3. The molecule has 0 aliphatic heterocycles. The summed E-state index contributed by atoms with van der Waals surface area (Å²) in [4.78, 5) is 12.2. The molecule has 0 aromatic heterocycles. The second-order valence-corrected chi connectivity index (χ2v) is 7.09. The van der Waals surface area contributed by atoms with Gasteiger partial charge in [0.2, 0.25) is 0 Å². The number of hydrogen-bond donors (Lipinski definition) is 2. The van der Waals surface area contributed by atoms with Crippen LogP contribution in [0.15, 0.2) is 36.4 Å². The van der Waals surface area contributed by atoms with Crippen LogP contribution in [0.5, 0.6) is 5.75 Å². The maximum Gasteiger partial charge on any atom is 0.317 e. The van der Waals surface area contributed by atoms with Gasteiger partial charge in [-0.15, -0.1) is 0 Å². The van der Waals surface area contributed by atoms with Gasteiger partial charge in [-0.3, -0.25) is 0 Å². The standard InChI is InChI=1S/C22H28N2O2/c1-15-7-6-10-21(16(15)2)26-14-23-22(25)24-17(3)19-12-11-18-8-4-5-9-20(18)13-19/h6-7,10-13,17H,4-5,8-9,14H2,1-3H3,(H2,23,24,25). The molecule has 2 aromatic carbocycles. The molecule has 0 saturated heterocycles. The van der Waals surface area contributed by atoms with Gasteiger partial charge in [0.25, 0.3) is 0 Å². The zero-order valence-electron chi connectivity index (χ0n) is 15.9. The van der Waals surface area contributed by atoms with Gasteiger partial charge in [0.1, 0.15) is 5.75 Å². The second-order valence-electron chi connectivity index (χ2n) is 7.09. The lowest BCUT2D eigenvalue weighted by Gasteiger charge is -2.20. The molecule has 1 atom stereocenters. The van der Waals surface area contributed by atoms with E-state index in [0.29, 0.717) is 0 Å². The van der Waals surface area contributed by atoms with Crippen LogP contribution >= 0.6 is 0 Å². The fraction of sp³-hybridized carbons (Fsp3) is 0.409. The number of hydrogen-bond acceptors (Lipinski definition) is 2. The Kier molecular flexibility index (Phi) is 5.82. The van der Waals surface area contributed by atoms with E-state index in [9.17, 15) is 4.79 Å². The molecule has 3 rings (SSSR count). The highest BCUT2D eigenvalue weighted by atomic mass is 16.5. The molecule has 1 aliphatic carbocycles. The molecule has 26 heavy (non-hydrogen) atoms. The quantitative estimate of drug-likeness (QED) is 0.774. The van der Waals surface area contributed by atoms with E-state index >= 15 is 0 Å². The lowest BCUT2D eigenvalue weighted by molar-refractivity contribution is 0.221. The minimum Gasteiger partial charge on any atom is -0.473 e. The maximum absolute atomic E-state index is 12.2. The fourth-order valence-corrected chi connectivity index (χ4v) is 3.41. The fourth-order valence-electron chi connectivity index (χ4n) is 3.41. The van der Waals surface area contributed by atoms with Crippen molar-refractivity contribution in [2.24, 2.45) is 0 Å². The summed E-state index contributed by atoms with van der Waals surface area (Å²) in [6, 6.07) is 12.2. The summed E-state index contributed by atoms with van der Waals surface area (Å²) in [7, 11) is 0. The van der Waals surface area contributed by atoms with Crippen molar-refractivity contribution in [1.82, 2.24) is 10.6 Å². The molecule has 138 valence electrons. The first-order chi connectivity index (χ1) is 12.5. The minimum atomic E-state index is -0.222. The smallest absolute Gasteiger partial charge is 0.317 e. The Hall–Kier alpha value is -2.49. The molecule has 0 heterocycles. The van der Waals surface area contributed by atoms with E-state index in [-0.39, 0.29) is 18.8 Å². The molecular formula is C22H28N2O2. The van der Waals surface area contributed by atoms with Crippen LogP contribution in [0.2, 0.25) is 0 Å². The Labute approximate surface area is 156 Å². The monoisotopic (exact) mass is 352 g/mol. The van der Waals surface area contributed by atoms with E-state index in [1.54, 1.807) is 0 Å². The average molecular weight is 352 g/mol. The van der Waals surface area contributed by atoms with Gasteiger partial charge in [0.05, 0.1) is 6.04 Å². The zero-order chi connectivity index (χ0) is 18.5. The van der Waals surface area contributed by atoms with Crippen LogP contribution in [0.25, 0.3) is 0 Å². The van der Waals surface area contributed by atoms with E-state index in [4.69, 9.17) is 4.74 Å². The Balaban J connectivity index is 1.50. The summed E-state index contributed by atoms with van der Waals surface area (Å²) in [5, 5.41) is 5.75. The van der Waals surface area contributed by atoms with Gasteiger partial charge in [-0.05, 0) is 80.3 Å². The van der Waals surface area contributed by atoms with Crippen LogP contribution in [0.4, 0.5) is 4.79 Å². The summed E-state index contributed by atoms with van der Waals surface area (Å²) < 4.78 is 5.68. The predicted octanol–water partition coefficient (Wildman–Crippen LogP) is 4.58. The van der Waals surface area contributed by atoms with Crippen molar-refractivity contribution < 1.29 is 9.53 Å². The van der Waals surface area contributed by atoms with Crippen LogP contribution in [0, 0.1) is 13.8 Å². The third-order valence-corrected chi connectivity index (χ3v) is 5.24. The van der Waals surface area contributed by atoms with Crippen molar-refractivity contribution in [1.29, 1.82) is 0 Å². The average Bonchev–Trinajstić information content (AvgIpc) is 2.64. The topological polar surface area (TPSA) is 50.4 Å². The third kappa shape index (κ3) is 4.37. The van der Waals surface area contributed by atoms with E-state index in [1.165, 1.54) is 36.0 Å². The van der Waals surface area contributed by atoms with Crippen molar-refractivity contribution >= 4 is 6.03 Å². The molecule has 0 saturated carbocycles. The Morgan fingerprint density at radius 3 is 2.69 bits per heavy atom. The highest BCUT2D eigenvalue weighted by Crippen LogP contribution is 2.24. The Morgan fingerprint density at radius 1 is 1.12 bits per heavy atom.